The van der Waals surface area contributed by atoms with Gasteiger partial charge in [-0.1, -0.05) is 24.8 Å². The summed E-state index contributed by atoms with van der Waals surface area (Å²) in [6.07, 6.45) is 9.08. The van der Waals surface area contributed by atoms with Gasteiger partial charge < -0.3 is 14.7 Å². The van der Waals surface area contributed by atoms with Gasteiger partial charge in [0.15, 0.2) is 5.54 Å². The maximum absolute atomic E-state index is 13.2. The van der Waals surface area contributed by atoms with Gasteiger partial charge in [-0.2, -0.15) is 5.10 Å². The van der Waals surface area contributed by atoms with Crippen LogP contribution in [0.25, 0.3) is 11.4 Å². The van der Waals surface area contributed by atoms with E-state index in [0.29, 0.717) is 23.2 Å². The highest BCUT2D eigenvalue weighted by molar-refractivity contribution is 5.58. The monoisotopic (exact) mass is 541 g/mol. The minimum atomic E-state index is -0.999. The fourth-order valence-corrected chi connectivity index (χ4v) is 4.72. The third-order valence-corrected chi connectivity index (χ3v) is 6.86. The van der Waals surface area contributed by atoms with E-state index in [0.717, 1.165) is 54.1 Å². The number of halogens is 1. The summed E-state index contributed by atoms with van der Waals surface area (Å²) in [5.74, 6) is 1.32. The molecule has 1 unspecified atom stereocenters. The maximum Gasteiger partial charge on any atom is 0.247 e. The predicted molar refractivity (Wildman–Crippen MR) is 150 cm³/mol. The second-order valence-electron chi connectivity index (χ2n) is 9.43. The Kier molecular flexibility index (Phi) is 7.83. The molecule has 0 fully saturated rings. The van der Waals surface area contributed by atoms with Crippen LogP contribution in [0.4, 0.5) is 10.1 Å². The van der Waals surface area contributed by atoms with E-state index < -0.39 is 5.54 Å². The highest BCUT2D eigenvalue weighted by atomic mass is 19.1. The van der Waals surface area contributed by atoms with E-state index in [1.807, 2.05) is 43.0 Å². The van der Waals surface area contributed by atoms with Crippen molar-refractivity contribution >= 4 is 5.69 Å². The van der Waals surface area contributed by atoms with Crippen molar-refractivity contribution < 1.29 is 8.81 Å². The van der Waals surface area contributed by atoms with Crippen molar-refractivity contribution in [1.29, 1.82) is 0 Å². The van der Waals surface area contributed by atoms with Crippen LogP contribution in [0.2, 0.25) is 0 Å². The standard InChI is InChI=1S/C29H32FN9O/c1-5-39-18-22(15-34-39)29(31-4,28-38-37-20(3)40-28)19(2)35-24-11-7-6-9-21(24)10-8-12-27-33-17-26(36-27)25-14-13-23(30)16-32-25/h6-7,9,11,13-18,31,35H,2,5,8,10,12H2,1,3-4H3,(H,33,36). The topological polar surface area (TPSA) is 122 Å². The lowest BCUT2D eigenvalue weighted by Crippen LogP contribution is -2.45. The minimum absolute atomic E-state index is 0.367. The third-order valence-electron chi connectivity index (χ3n) is 6.86. The van der Waals surface area contributed by atoms with Crippen LogP contribution in [0.15, 0.2) is 77.9 Å². The number of likely N-dealkylation sites (N-methyl/N-ethyl adjacent to an activating group) is 1. The number of anilines is 1. The molecule has 3 N–H and O–H groups in total. The number of aryl methyl sites for hydroxylation is 4. The van der Waals surface area contributed by atoms with Crippen molar-refractivity contribution in [1.82, 2.24) is 40.2 Å². The number of aromatic amines is 1. The van der Waals surface area contributed by atoms with Crippen molar-refractivity contribution in [3.63, 3.8) is 0 Å². The van der Waals surface area contributed by atoms with Gasteiger partial charge in [0.05, 0.1) is 30.0 Å². The summed E-state index contributed by atoms with van der Waals surface area (Å²) in [7, 11) is 1.83. The number of pyridine rings is 1. The van der Waals surface area contributed by atoms with Crippen LogP contribution in [0.5, 0.6) is 0 Å². The summed E-state index contributed by atoms with van der Waals surface area (Å²) >= 11 is 0. The molecular weight excluding hydrogens is 509 g/mol. The molecule has 0 spiro atoms. The average molecular weight is 542 g/mol. The van der Waals surface area contributed by atoms with Gasteiger partial charge in [0, 0.05) is 43.0 Å². The van der Waals surface area contributed by atoms with Crippen molar-refractivity contribution in [2.24, 2.45) is 0 Å². The van der Waals surface area contributed by atoms with Crippen LogP contribution in [0.3, 0.4) is 0 Å². The van der Waals surface area contributed by atoms with Gasteiger partial charge >= 0.3 is 0 Å². The van der Waals surface area contributed by atoms with Crippen LogP contribution in [-0.4, -0.2) is 42.0 Å². The summed E-state index contributed by atoms with van der Waals surface area (Å²) in [4.78, 5) is 11.9. The normalized spacial score (nSPS) is 12.8. The van der Waals surface area contributed by atoms with Gasteiger partial charge in [-0.05, 0) is 50.6 Å². The Morgan fingerprint density at radius 3 is 2.65 bits per heavy atom. The Labute approximate surface area is 231 Å². The molecule has 40 heavy (non-hydrogen) atoms. The first-order valence-electron chi connectivity index (χ1n) is 13.2. The van der Waals surface area contributed by atoms with Gasteiger partial charge in [-0.3, -0.25) is 15.0 Å². The number of hydrogen-bond acceptors (Lipinski definition) is 8. The molecule has 0 aliphatic rings. The quantitative estimate of drug-likeness (QED) is 0.206. The zero-order valence-electron chi connectivity index (χ0n) is 22.8. The van der Waals surface area contributed by atoms with Gasteiger partial charge in [0.2, 0.25) is 11.8 Å². The van der Waals surface area contributed by atoms with Crippen molar-refractivity contribution in [2.75, 3.05) is 12.4 Å². The van der Waals surface area contributed by atoms with E-state index >= 15 is 0 Å². The molecule has 4 aromatic heterocycles. The average Bonchev–Trinajstić information content (AvgIpc) is 3.73. The van der Waals surface area contributed by atoms with Crippen LogP contribution in [0.1, 0.15) is 42.1 Å². The largest absolute Gasteiger partial charge is 0.423 e. The first-order chi connectivity index (χ1) is 19.4. The molecule has 11 heteroatoms. The SMILES string of the molecule is C=C(Nc1ccccc1CCCc1ncc(-c2ccc(F)cn2)[nH]1)C(NC)(c1cnn(CC)c1)c1nnc(C)o1. The molecular formula is C29H32FN9O. The van der Waals surface area contributed by atoms with Crippen LogP contribution in [-0.2, 0) is 24.9 Å². The first kappa shape index (κ1) is 26.9. The van der Waals surface area contributed by atoms with E-state index in [9.17, 15) is 4.39 Å². The summed E-state index contributed by atoms with van der Waals surface area (Å²) in [5.41, 5.74) is 3.94. The molecule has 0 aliphatic carbocycles. The molecule has 0 amide bonds. The zero-order chi connectivity index (χ0) is 28.1. The molecule has 4 heterocycles. The summed E-state index contributed by atoms with van der Waals surface area (Å²) < 4.78 is 21.0. The second-order valence-corrected chi connectivity index (χ2v) is 9.43. The predicted octanol–water partition coefficient (Wildman–Crippen LogP) is 4.78. The summed E-state index contributed by atoms with van der Waals surface area (Å²) in [6, 6.07) is 11.2. The summed E-state index contributed by atoms with van der Waals surface area (Å²) in [6.45, 7) is 8.93. The van der Waals surface area contributed by atoms with E-state index in [4.69, 9.17) is 4.42 Å². The highest BCUT2D eigenvalue weighted by Gasteiger charge is 2.43. The number of nitrogens with one attached hydrogen (secondary N) is 3. The lowest BCUT2D eigenvalue weighted by atomic mass is 9.88. The van der Waals surface area contributed by atoms with Crippen LogP contribution >= 0.6 is 0 Å². The number of H-pyrrole nitrogens is 1. The first-order valence-corrected chi connectivity index (χ1v) is 13.2. The van der Waals surface area contributed by atoms with Crippen molar-refractivity contribution in [2.45, 2.75) is 45.2 Å². The van der Waals surface area contributed by atoms with E-state index in [2.05, 4.69) is 53.5 Å². The zero-order valence-corrected chi connectivity index (χ0v) is 22.8. The molecule has 0 saturated carbocycles. The molecule has 5 rings (SSSR count). The Morgan fingerprint density at radius 1 is 1.10 bits per heavy atom. The molecule has 0 aliphatic heterocycles. The maximum atomic E-state index is 13.2. The Hall–Kier alpha value is -4.64. The molecule has 10 nitrogen and oxygen atoms in total. The minimum Gasteiger partial charge on any atom is -0.423 e. The smallest absolute Gasteiger partial charge is 0.247 e. The molecule has 206 valence electrons. The number of hydrogen-bond donors (Lipinski definition) is 3. The lowest BCUT2D eigenvalue weighted by molar-refractivity contribution is 0.361. The fourth-order valence-electron chi connectivity index (χ4n) is 4.72. The third kappa shape index (κ3) is 5.41. The Morgan fingerprint density at radius 2 is 1.95 bits per heavy atom. The Bertz CT molecular complexity index is 1590. The molecule has 0 bridgehead atoms. The number of nitrogens with zero attached hydrogens (tertiary/aromatic N) is 6. The number of benzene rings is 1. The number of rotatable bonds is 12. The van der Waals surface area contributed by atoms with E-state index in [1.165, 1.54) is 12.3 Å². The van der Waals surface area contributed by atoms with Gasteiger partial charge in [-0.25, -0.2) is 9.37 Å². The second kappa shape index (κ2) is 11.6. The van der Waals surface area contributed by atoms with E-state index in [-0.39, 0.29) is 5.82 Å². The lowest BCUT2D eigenvalue weighted by Gasteiger charge is -2.32. The summed E-state index contributed by atoms with van der Waals surface area (Å²) in [5, 5.41) is 19.8. The Balaban J connectivity index is 1.33. The number of imidazole rings is 1. The van der Waals surface area contributed by atoms with Gasteiger partial charge in [0.25, 0.3) is 0 Å². The van der Waals surface area contributed by atoms with Gasteiger partial charge in [-0.15, -0.1) is 10.2 Å². The van der Waals surface area contributed by atoms with E-state index in [1.54, 1.807) is 25.4 Å². The molecule has 1 atom stereocenters. The molecule has 1 aromatic carbocycles. The highest BCUT2D eigenvalue weighted by Crippen LogP contribution is 2.36. The molecule has 5 aromatic rings. The van der Waals surface area contributed by atoms with Crippen molar-refractivity contribution in [3.8, 4) is 11.4 Å². The van der Waals surface area contributed by atoms with Crippen molar-refractivity contribution in [3.05, 3.63) is 108 Å². The number of para-hydroxylation sites is 1. The molecule has 0 radical (unpaired) electrons. The van der Waals surface area contributed by atoms with Crippen LogP contribution < -0.4 is 10.6 Å². The van der Waals surface area contributed by atoms with Gasteiger partial charge in [0.1, 0.15) is 11.6 Å². The number of aromatic nitrogens is 7. The molecule has 0 saturated heterocycles. The van der Waals surface area contributed by atoms with Crippen LogP contribution in [0, 0.1) is 12.7 Å². The fraction of sp³-hybridized carbons (Fsp3) is 0.276.